The van der Waals surface area contributed by atoms with Crippen LogP contribution < -0.4 is 4.72 Å². The molecule has 0 amide bonds. The topological polar surface area (TPSA) is 121 Å². The van der Waals surface area contributed by atoms with Gasteiger partial charge in [0.2, 0.25) is 20.0 Å². The molecule has 132 valence electrons. The second-order valence-corrected chi connectivity index (χ2v) is 9.50. The van der Waals surface area contributed by atoms with Crippen molar-refractivity contribution in [3.8, 4) is 0 Å². The second kappa shape index (κ2) is 6.10. The van der Waals surface area contributed by atoms with Gasteiger partial charge in [-0.1, -0.05) is 12.1 Å². The molecule has 0 radical (unpaired) electrons. The summed E-state index contributed by atoms with van der Waals surface area (Å²) in [7, 11) is -8.21. The van der Waals surface area contributed by atoms with E-state index in [0.29, 0.717) is 6.42 Å². The monoisotopic (exact) mass is 374 g/mol. The second-order valence-electron chi connectivity index (χ2n) is 5.95. The zero-order chi connectivity index (χ0) is 17.5. The Morgan fingerprint density at radius 2 is 1.71 bits per heavy atom. The summed E-state index contributed by atoms with van der Waals surface area (Å²) in [5.74, 6) is -1.23. The average molecular weight is 374 g/mol. The quantitative estimate of drug-likeness (QED) is 0.742. The van der Waals surface area contributed by atoms with E-state index in [2.05, 4.69) is 4.72 Å². The lowest BCUT2D eigenvalue weighted by atomic mass is 10.2. The number of hydrogen-bond acceptors (Lipinski definition) is 5. The highest BCUT2D eigenvalue weighted by Crippen LogP contribution is 2.31. The Labute approximate surface area is 140 Å². The van der Waals surface area contributed by atoms with Crippen LogP contribution in [0.15, 0.2) is 34.1 Å². The van der Waals surface area contributed by atoms with Crippen molar-refractivity contribution in [2.24, 2.45) is 0 Å². The van der Waals surface area contributed by atoms with Crippen LogP contribution >= 0.6 is 0 Å². The Morgan fingerprint density at radius 1 is 1.08 bits per heavy atom. The first-order valence-electron chi connectivity index (χ1n) is 7.59. The third-order valence-electron chi connectivity index (χ3n) is 4.11. The van der Waals surface area contributed by atoms with Crippen molar-refractivity contribution in [2.75, 3.05) is 6.54 Å². The summed E-state index contributed by atoms with van der Waals surface area (Å²) in [6, 6.07) is 3.97. The molecule has 24 heavy (non-hydrogen) atoms. The highest BCUT2D eigenvalue weighted by molar-refractivity contribution is 7.92. The zero-order valence-corrected chi connectivity index (χ0v) is 14.4. The largest absolute Gasteiger partial charge is 0.480 e. The number of sulfonamides is 2. The summed E-state index contributed by atoms with van der Waals surface area (Å²) in [4.78, 5) is 10.6. The van der Waals surface area contributed by atoms with Crippen LogP contribution in [-0.2, 0) is 24.8 Å². The molecule has 0 bridgehead atoms. The SMILES string of the molecule is O=C(O)[C@H]1CCCN1S(=O)(=O)c1ccccc1S(=O)(=O)NC1CC1. The minimum absolute atomic E-state index is 0.0593. The fraction of sp³-hybridized carbons (Fsp3) is 0.500. The first-order chi connectivity index (χ1) is 11.2. The predicted molar refractivity (Wildman–Crippen MR) is 84.3 cm³/mol. The summed E-state index contributed by atoms with van der Waals surface area (Å²) in [6.45, 7) is 0.0593. The molecule has 1 aromatic carbocycles. The maximum absolute atomic E-state index is 12.9. The summed E-state index contributed by atoms with van der Waals surface area (Å²) in [6.07, 6.45) is 2.08. The molecule has 10 heteroatoms. The van der Waals surface area contributed by atoms with Crippen LogP contribution in [0.3, 0.4) is 0 Å². The van der Waals surface area contributed by atoms with Crippen LogP contribution in [0.25, 0.3) is 0 Å². The van der Waals surface area contributed by atoms with Crippen LogP contribution in [0.2, 0.25) is 0 Å². The van der Waals surface area contributed by atoms with Crippen LogP contribution in [0.5, 0.6) is 0 Å². The molecule has 1 atom stereocenters. The Kier molecular flexibility index (Phi) is 4.41. The summed E-state index contributed by atoms with van der Waals surface area (Å²) < 4.78 is 54.0. The number of benzene rings is 1. The number of aliphatic carboxylic acids is 1. The van der Waals surface area contributed by atoms with Crippen molar-refractivity contribution in [1.82, 2.24) is 9.03 Å². The van der Waals surface area contributed by atoms with Gasteiger partial charge in [0.25, 0.3) is 0 Å². The van der Waals surface area contributed by atoms with Gasteiger partial charge in [-0.3, -0.25) is 4.79 Å². The van der Waals surface area contributed by atoms with E-state index < -0.39 is 32.1 Å². The highest BCUT2D eigenvalue weighted by Gasteiger charge is 2.42. The predicted octanol–water partition coefficient (Wildman–Crippen LogP) is 0.365. The highest BCUT2D eigenvalue weighted by atomic mass is 32.2. The van der Waals surface area contributed by atoms with Crippen LogP contribution in [0.4, 0.5) is 0 Å². The number of carboxylic acids is 1. The van der Waals surface area contributed by atoms with E-state index in [1.807, 2.05) is 0 Å². The van der Waals surface area contributed by atoms with E-state index in [4.69, 9.17) is 0 Å². The van der Waals surface area contributed by atoms with E-state index >= 15 is 0 Å². The van der Waals surface area contributed by atoms with Crippen LogP contribution in [0.1, 0.15) is 25.7 Å². The van der Waals surface area contributed by atoms with Gasteiger partial charge >= 0.3 is 5.97 Å². The normalized spacial score (nSPS) is 22.6. The van der Waals surface area contributed by atoms with Gasteiger partial charge in [0, 0.05) is 12.6 Å². The van der Waals surface area contributed by atoms with Gasteiger partial charge in [0.05, 0.1) is 0 Å². The summed E-state index contributed by atoms with van der Waals surface area (Å²) in [5, 5.41) is 9.21. The maximum atomic E-state index is 12.9. The van der Waals surface area contributed by atoms with Gasteiger partial charge in [-0.05, 0) is 37.8 Å². The van der Waals surface area contributed by atoms with Crippen molar-refractivity contribution in [3.63, 3.8) is 0 Å². The van der Waals surface area contributed by atoms with Gasteiger partial charge in [-0.15, -0.1) is 0 Å². The molecule has 0 unspecified atom stereocenters. The molecule has 1 heterocycles. The Bertz CT molecular complexity index is 861. The molecule has 0 aromatic heterocycles. The molecule has 0 spiro atoms. The molecule has 1 aliphatic heterocycles. The molecule has 1 aliphatic carbocycles. The molecule has 2 N–H and O–H groups in total. The zero-order valence-electron chi connectivity index (χ0n) is 12.8. The van der Waals surface area contributed by atoms with Gasteiger partial charge in [-0.2, -0.15) is 4.31 Å². The van der Waals surface area contributed by atoms with E-state index in [1.54, 1.807) is 0 Å². The lowest BCUT2D eigenvalue weighted by Gasteiger charge is -2.22. The molecular formula is C14H18N2O6S2. The minimum atomic E-state index is -4.23. The van der Waals surface area contributed by atoms with Gasteiger partial charge in [0.15, 0.2) is 0 Å². The number of carbonyl (C=O) groups is 1. The standard InChI is InChI=1S/C14H18N2O6S2/c17-14(18)11-4-3-9-16(11)24(21,22)13-6-2-1-5-12(13)23(19,20)15-10-7-8-10/h1-2,5-6,10-11,15H,3-4,7-9H2,(H,17,18)/t11-/m1/s1. The lowest BCUT2D eigenvalue weighted by Crippen LogP contribution is -2.41. The molecule has 1 saturated heterocycles. The van der Waals surface area contributed by atoms with Gasteiger partial charge in [-0.25, -0.2) is 21.6 Å². The van der Waals surface area contributed by atoms with Crippen LogP contribution in [0, 0.1) is 0 Å². The summed E-state index contributed by atoms with van der Waals surface area (Å²) >= 11 is 0. The first-order valence-corrected chi connectivity index (χ1v) is 10.5. The molecule has 2 aliphatic rings. The Balaban J connectivity index is 2.04. The van der Waals surface area contributed by atoms with Crippen molar-refractivity contribution >= 4 is 26.0 Å². The Hall–Kier alpha value is -1.49. The minimum Gasteiger partial charge on any atom is -0.480 e. The van der Waals surface area contributed by atoms with Crippen molar-refractivity contribution < 1.29 is 26.7 Å². The van der Waals surface area contributed by atoms with E-state index in [0.717, 1.165) is 17.1 Å². The third kappa shape index (κ3) is 3.18. The van der Waals surface area contributed by atoms with E-state index in [1.165, 1.54) is 24.3 Å². The Morgan fingerprint density at radius 3 is 2.29 bits per heavy atom. The van der Waals surface area contributed by atoms with Crippen molar-refractivity contribution in [3.05, 3.63) is 24.3 Å². The van der Waals surface area contributed by atoms with E-state index in [-0.39, 0.29) is 28.8 Å². The smallest absolute Gasteiger partial charge is 0.322 e. The molecule has 3 rings (SSSR count). The fourth-order valence-electron chi connectivity index (χ4n) is 2.77. The molecule has 1 saturated carbocycles. The number of nitrogens with one attached hydrogen (secondary N) is 1. The molecule has 8 nitrogen and oxygen atoms in total. The lowest BCUT2D eigenvalue weighted by molar-refractivity contribution is -0.140. The fourth-order valence-corrected chi connectivity index (χ4v) is 6.53. The number of hydrogen-bond donors (Lipinski definition) is 2. The molecule has 1 aromatic rings. The van der Waals surface area contributed by atoms with Crippen molar-refractivity contribution in [2.45, 2.75) is 47.6 Å². The number of carboxylic acid groups (broad SMARTS) is 1. The number of rotatable bonds is 6. The molecular weight excluding hydrogens is 356 g/mol. The summed E-state index contributed by atoms with van der Waals surface area (Å²) in [5.41, 5.74) is 0. The first kappa shape index (κ1) is 17.3. The van der Waals surface area contributed by atoms with Crippen LogP contribution in [-0.4, -0.2) is 50.8 Å². The molecule has 2 fully saturated rings. The average Bonchev–Trinajstić information content (AvgIpc) is 3.17. The van der Waals surface area contributed by atoms with E-state index in [9.17, 15) is 26.7 Å². The maximum Gasteiger partial charge on any atom is 0.322 e. The van der Waals surface area contributed by atoms with Gasteiger partial charge < -0.3 is 5.11 Å². The third-order valence-corrected chi connectivity index (χ3v) is 7.79. The van der Waals surface area contributed by atoms with Gasteiger partial charge in [0.1, 0.15) is 15.8 Å². The van der Waals surface area contributed by atoms with Crippen molar-refractivity contribution in [1.29, 1.82) is 0 Å². The number of nitrogens with zero attached hydrogens (tertiary/aromatic N) is 1.